The number of nitrogens with one attached hydrogen (secondary N) is 1. The van der Waals surface area contributed by atoms with E-state index in [1.165, 1.54) is 0 Å². The Labute approximate surface area is 208 Å². The number of carbonyl (C=O) groups excluding carboxylic acids is 4. The van der Waals surface area contributed by atoms with Crippen molar-refractivity contribution in [3.63, 3.8) is 0 Å². The molecule has 0 bridgehead atoms. The van der Waals surface area contributed by atoms with Gasteiger partial charge in [-0.25, -0.2) is 0 Å². The molecule has 0 spiro atoms. The van der Waals surface area contributed by atoms with Crippen molar-refractivity contribution in [1.29, 1.82) is 0 Å². The summed E-state index contributed by atoms with van der Waals surface area (Å²) in [6, 6.07) is 11.9. The largest absolute Gasteiger partial charge is 0.481 e. The third-order valence-corrected chi connectivity index (χ3v) is 7.28. The summed E-state index contributed by atoms with van der Waals surface area (Å²) in [4.78, 5) is 64.8. The Morgan fingerprint density at radius 3 is 2.39 bits per heavy atom. The molecule has 2 N–H and O–H groups in total. The second-order valence-electron chi connectivity index (χ2n) is 9.69. The number of carboxylic acids is 1. The summed E-state index contributed by atoms with van der Waals surface area (Å²) in [7, 11) is 0. The quantitative estimate of drug-likeness (QED) is 0.597. The molecule has 0 aromatic heterocycles. The van der Waals surface area contributed by atoms with Crippen LogP contribution in [0.1, 0.15) is 58.4 Å². The maximum Gasteiger partial charge on any atom is 0.303 e. The van der Waals surface area contributed by atoms with Crippen LogP contribution in [0.5, 0.6) is 0 Å². The monoisotopic (exact) mass is 489 g/mol. The van der Waals surface area contributed by atoms with Gasteiger partial charge in [0.1, 0.15) is 6.04 Å². The van der Waals surface area contributed by atoms with Gasteiger partial charge in [-0.1, -0.05) is 30.3 Å². The van der Waals surface area contributed by atoms with Crippen LogP contribution in [0.2, 0.25) is 0 Å². The summed E-state index contributed by atoms with van der Waals surface area (Å²) >= 11 is 0. The maximum atomic E-state index is 13.4. The number of hydrogen-bond acceptors (Lipinski definition) is 6. The molecular weight excluding hydrogens is 462 g/mol. The molecule has 9 heteroatoms. The van der Waals surface area contributed by atoms with Gasteiger partial charge in [0.2, 0.25) is 11.8 Å². The minimum Gasteiger partial charge on any atom is -0.481 e. The second-order valence-corrected chi connectivity index (χ2v) is 9.69. The number of piperidine rings is 2. The van der Waals surface area contributed by atoms with Crippen molar-refractivity contribution in [3.8, 4) is 11.1 Å². The molecular formula is C27H27N3O6. The number of likely N-dealkylation sites (tertiary alicyclic amines) is 1. The minimum absolute atomic E-state index is 0.0757. The summed E-state index contributed by atoms with van der Waals surface area (Å²) < 4.78 is 0. The molecule has 2 fully saturated rings. The van der Waals surface area contributed by atoms with Crippen molar-refractivity contribution in [3.05, 3.63) is 59.2 Å². The lowest BCUT2D eigenvalue weighted by molar-refractivity contribution is -0.139. The topological polar surface area (TPSA) is 124 Å². The van der Waals surface area contributed by atoms with Gasteiger partial charge < -0.3 is 5.11 Å². The Bertz CT molecular complexity index is 1260. The Kier molecular flexibility index (Phi) is 6.40. The molecule has 5 rings (SSSR count). The zero-order valence-corrected chi connectivity index (χ0v) is 19.7. The lowest BCUT2D eigenvalue weighted by Crippen LogP contribution is -2.54. The third-order valence-electron chi connectivity index (χ3n) is 7.28. The van der Waals surface area contributed by atoms with E-state index in [4.69, 9.17) is 5.11 Å². The van der Waals surface area contributed by atoms with Gasteiger partial charge in [-0.2, -0.15) is 0 Å². The molecule has 2 aromatic rings. The highest BCUT2D eigenvalue weighted by molar-refractivity contribution is 6.25. The summed E-state index contributed by atoms with van der Waals surface area (Å²) in [5.41, 5.74) is 3.02. The van der Waals surface area contributed by atoms with Crippen LogP contribution in [0.25, 0.3) is 11.1 Å². The number of imide groups is 2. The van der Waals surface area contributed by atoms with E-state index in [-0.39, 0.29) is 36.3 Å². The zero-order chi connectivity index (χ0) is 25.4. The molecule has 4 amide bonds. The Balaban J connectivity index is 1.36. The van der Waals surface area contributed by atoms with Crippen LogP contribution in [0.4, 0.5) is 0 Å². The average molecular weight is 490 g/mol. The van der Waals surface area contributed by atoms with Crippen molar-refractivity contribution in [2.45, 2.75) is 44.7 Å². The maximum absolute atomic E-state index is 13.4. The third kappa shape index (κ3) is 4.54. The summed E-state index contributed by atoms with van der Waals surface area (Å²) in [6.07, 6.45) is 2.11. The van der Waals surface area contributed by atoms with Gasteiger partial charge in [-0.3, -0.25) is 39.1 Å². The van der Waals surface area contributed by atoms with Crippen molar-refractivity contribution in [2.75, 3.05) is 13.1 Å². The fourth-order valence-electron chi connectivity index (χ4n) is 5.45. The van der Waals surface area contributed by atoms with E-state index in [1.54, 1.807) is 18.2 Å². The SMILES string of the molecule is O=C(O)CC1CCN(Cc2cccc(-c3cccc4c3C(=O)N(C3CCC(=O)NC3=O)C4=O)c2)CC1. The van der Waals surface area contributed by atoms with E-state index in [0.29, 0.717) is 12.1 Å². The lowest BCUT2D eigenvalue weighted by atomic mass is 9.93. The number of rotatable bonds is 6. The van der Waals surface area contributed by atoms with E-state index in [2.05, 4.69) is 10.2 Å². The van der Waals surface area contributed by atoms with Gasteiger partial charge in [0, 0.05) is 19.4 Å². The molecule has 186 valence electrons. The van der Waals surface area contributed by atoms with Crippen LogP contribution in [-0.4, -0.2) is 63.6 Å². The minimum atomic E-state index is -1.00. The standard InChI is InChI=1S/C27H27N3O6/c31-22-8-7-21(25(34)28-22)30-26(35)20-6-2-5-19(24(20)27(30)36)18-4-1-3-17(13-18)15-29-11-9-16(10-12-29)14-23(32)33/h1-6,13,16,21H,7-12,14-15H2,(H,32,33)(H,28,31,34). The fraction of sp³-hybridized carbons (Fsp3) is 0.370. The number of benzene rings is 2. The molecule has 3 heterocycles. The molecule has 2 aromatic carbocycles. The first-order chi connectivity index (χ1) is 17.3. The van der Waals surface area contributed by atoms with Crippen LogP contribution in [0.3, 0.4) is 0 Å². The van der Waals surface area contributed by atoms with Gasteiger partial charge in [-0.05, 0) is 67.1 Å². The van der Waals surface area contributed by atoms with E-state index in [1.807, 2.05) is 24.3 Å². The molecule has 0 aliphatic carbocycles. The Hall–Kier alpha value is -3.85. The molecule has 0 saturated carbocycles. The second kappa shape index (κ2) is 9.66. The van der Waals surface area contributed by atoms with Crippen LogP contribution in [0.15, 0.2) is 42.5 Å². The van der Waals surface area contributed by atoms with Crippen LogP contribution in [-0.2, 0) is 20.9 Å². The van der Waals surface area contributed by atoms with E-state index in [9.17, 15) is 24.0 Å². The fourth-order valence-corrected chi connectivity index (χ4v) is 5.45. The number of aliphatic carboxylic acids is 1. The first kappa shape index (κ1) is 23.9. The molecule has 0 radical (unpaired) electrons. The first-order valence-electron chi connectivity index (χ1n) is 12.2. The Morgan fingerprint density at radius 2 is 1.67 bits per heavy atom. The highest BCUT2D eigenvalue weighted by atomic mass is 16.4. The number of amides is 4. The number of carboxylic acid groups (broad SMARTS) is 1. The molecule has 1 unspecified atom stereocenters. The van der Waals surface area contributed by atoms with E-state index < -0.39 is 35.6 Å². The number of hydrogen-bond donors (Lipinski definition) is 2. The van der Waals surface area contributed by atoms with Gasteiger partial charge in [0.25, 0.3) is 11.8 Å². The molecule has 2 saturated heterocycles. The highest BCUT2D eigenvalue weighted by Gasteiger charge is 2.45. The van der Waals surface area contributed by atoms with Crippen molar-refractivity contribution in [2.24, 2.45) is 5.92 Å². The molecule has 3 aliphatic rings. The lowest BCUT2D eigenvalue weighted by Gasteiger charge is -2.31. The van der Waals surface area contributed by atoms with Crippen LogP contribution in [0, 0.1) is 5.92 Å². The first-order valence-corrected chi connectivity index (χ1v) is 12.2. The normalized spacial score (nSPS) is 21.0. The van der Waals surface area contributed by atoms with Crippen molar-refractivity contribution in [1.82, 2.24) is 15.1 Å². The number of carbonyl (C=O) groups is 5. The molecule has 9 nitrogen and oxygen atoms in total. The number of nitrogens with zero attached hydrogens (tertiary/aromatic N) is 2. The Morgan fingerprint density at radius 1 is 0.944 bits per heavy atom. The zero-order valence-electron chi connectivity index (χ0n) is 19.7. The smallest absolute Gasteiger partial charge is 0.303 e. The molecule has 36 heavy (non-hydrogen) atoms. The van der Waals surface area contributed by atoms with Gasteiger partial charge >= 0.3 is 5.97 Å². The van der Waals surface area contributed by atoms with Gasteiger partial charge in [-0.15, -0.1) is 0 Å². The van der Waals surface area contributed by atoms with E-state index >= 15 is 0 Å². The van der Waals surface area contributed by atoms with Gasteiger partial charge in [0.15, 0.2) is 0 Å². The van der Waals surface area contributed by atoms with Crippen molar-refractivity contribution < 1.29 is 29.1 Å². The predicted molar refractivity (Wildman–Crippen MR) is 129 cm³/mol. The van der Waals surface area contributed by atoms with Crippen LogP contribution < -0.4 is 5.32 Å². The summed E-state index contributed by atoms with van der Waals surface area (Å²) in [5, 5.41) is 11.2. The average Bonchev–Trinajstić information content (AvgIpc) is 3.10. The highest BCUT2D eigenvalue weighted by Crippen LogP contribution is 2.35. The summed E-state index contributed by atoms with van der Waals surface area (Å²) in [6.45, 7) is 2.37. The van der Waals surface area contributed by atoms with Crippen LogP contribution >= 0.6 is 0 Å². The molecule has 1 atom stereocenters. The van der Waals surface area contributed by atoms with E-state index in [0.717, 1.165) is 42.0 Å². The predicted octanol–water partition coefficient (Wildman–Crippen LogP) is 2.44. The van der Waals surface area contributed by atoms with Gasteiger partial charge in [0.05, 0.1) is 11.1 Å². The number of fused-ring (bicyclic) bond motifs is 1. The summed E-state index contributed by atoms with van der Waals surface area (Å²) in [5.74, 6) is -2.61. The molecule has 3 aliphatic heterocycles. The van der Waals surface area contributed by atoms with Crippen molar-refractivity contribution >= 4 is 29.6 Å².